The van der Waals surface area contributed by atoms with Crippen molar-refractivity contribution < 1.29 is 0 Å². The monoisotopic (exact) mass is 245 g/mol. The van der Waals surface area contributed by atoms with Gasteiger partial charge in [0.1, 0.15) is 0 Å². The lowest BCUT2D eigenvalue weighted by molar-refractivity contribution is 0.713. The summed E-state index contributed by atoms with van der Waals surface area (Å²) in [6.07, 6.45) is 2.03. The third-order valence-corrected chi connectivity index (χ3v) is 3.66. The second-order valence-electron chi connectivity index (χ2n) is 3.07. The van der Waals surface area contributed by atoms with Gasteiger partial charge in [0.2, 0.25) is 0 Å². The number of hydrogen-bond acceptors (Lipinski definition) is 1. The highest BCUT2D eigenvalue weighted by Crippen LogP contribution is 2.37. The molecule has 0 saturated heterocycles. The van der Waals surface area contributed by atoms with Crippen LogP contribution in [0.5, 0.6) is 0 Å². The van der Waals surface area contributed by atoms with Crippen LogP contribution < -0.4 is 5.73 Å². The Kier molecular flexibility index (Phi) is 2.15. The number of rotatable bonds is 0. The molecule has 1 nitrogen and oxygen atoms in total. The van der Waals surface area contributed by atoms with Gasteiger partial charge in [-0.15, -0.1) is 0 Å². The Morgan fingerprint density at radius 3 is 3.00 bits per heavy atom. The molecule has 0 saturated carbocycles. The lowest BCUT2D eigenvalue weighted by Crippen LogP contribution is -2.04. The standard InChI is InChI=1S/C9H9BrClN/c10-7-3-1-5-6(9(7)11)2-4-8(5)12/h1,3,8H,2,4,12H2. The van der Waals surface area contributed by atoms with Crippen LogP contribution in [-0.4, -0.2) is 0 Å². The SMILES string of the molecule is NC1CCc2c1ccc(Br)c2Cl. The fourth-order valence-corrected chi connectivity index (χ4v) is 2.30. The normalized spacial score (nSPS) is 21.1. The quantitative estimate of drug-likeness (QED) is 0.748. The predicted octanol–water partition coefficient (Wildman–Crippen LogP) is 3.05. The van der Waals surface area contributed by atoms with E-state index in [0.29, 0.717) is 0 Å². The maximum atomic E-state index is 6.10. The number of fused-ring (bicyclic) bond motifs is 1. The summed E-state index contributed by atoms with van der Waals surface area (Å²) >= 11 is 9.50. The van der Waals surface area contributed by atoms with Crippen LogP contribution in [0, 0.1) is 0 Å². The molecule has 0 amide bonds. The summed E-state index contributed by atoms with van der Waals surface area (Å²) in [5, 5.41) is 0.834. The number of hydrogen-bond donors (Lipinski definition) is 1. The molecule has 0 aromatic heterocycles. The van der Waals surface area contributed by atoms with Gasteiger partial charge >= 0.3 is 0 Å². The molecular formula is C9H9BrClN. The van der Waals surface area contributed by atoms with Crippen LogP contribution in [0.2, 0.25) is 5.02 Å². The van der Waals surface area contributed by atoms with Gasteiger partial charge in [-0.05, 0) is 46.0 Å². The van der Waals surface area contributed by atoms with Crippen LogP contribution in [0.4, 0.5) is 0 Å². The van der Waals surface area contributed by atoms with Crippen LogP contribution in [0.3, 0.4) is 0 Å². The van der Waals surface area contributed by atoms with Crippen LogP contribution >= 0.6 is 27.5 Å². The summed E-state index contributed by atoms with van der Waals surface area (Å²) in [4.78, 5) is 0. The third kappa shape index (κ3) is 1.18. The maximum Gasteiger partial charge on any atom is 0.0583 e. The highest BCUT2D eigenvalue weighted by molar-refractivity contribution is 9.10. The number of halogens is 2. The molecule has 1 aromatic rings. The predicted molar refractivity (Wildman–Crippen MR) is 54.4 cm³/mol. The highest BCUT2D eigenvalue weighted by Gasteiger charge is 2.21. The lowest BCUT2D eigenvalue weighted by Gasteiger charge is -2.06. The minimum absolute atomic E-state index is 0.186. The van der Waals surface area contributed by atoms with Gasteiger partial charge in [-0.3, -0.25) is 0 Å². The zero-order valence-electron chi connectivity index (χ0n) is 6.48. The van der Waals surface area contributed by atoms with Gasteiger partial charge in [-0.25, -0.2) is 0 Å². The second-order valence-corrected chi connectivity index (χ2v) is 4.31. The van der Waals surface area contributed by atoms with Gasteiger partial charge in [-0.2, -0.15) is 0 Å². The van der Waals surface area contributed by atoms with Crippen LogP contribution in [0.15, 0.2) is 16.6 Å². The summed E-state index contributed by atoms with van der Waals surface area (Å²) in [6, 6.07) is 4.21. The Bertz CT molecular complexity index is 325. The van der Waals surface area contributed by atoms with E-state index in [4.69, 9.17) is 17.3 Å². The Morgan fingerprint density at radius 1 is 1.50 bits per heavy atom. The molecule has 1 unspecified atom stereocenters. The fourth-order valence-electron chi connectivity index (χ4n) is 1.66. The lowest BCUT2D eigenvalue weighted by atomic mass is 10.1. The first-order valence-electron chi connectivity index (χ1n) is 3.92. The topological polar surface area (TPSA) is 26.0 Å². The van der Waals surface area contributed by atoms with Crippen molar-refractivity contribution in [1.82, 2.24) is 0 Å². The highest BCUT2D eigenvalue weighted by atomic mass is 79.9. The first kappa shape index (κ1) is 8.54. The van der Waals surface area contributed by atoms with Gasteiger partial charge in [0.25, 0.3) is 0 Å². The van der Waals surface area contributed by atoms with Crippen molar-refractivity contribution >= 4 is 27.5 Å². The molecule has 0 aliphatic heterocycles. The third-order valence-electron chi connectivity index (χ3n) is 2.34. The summed E-state index contributed by atoms with van der Waals surface area (Å²) in [5.74, 6) is 0. The van der Waals surface area contributed by atoms with E-state index >= 15 is 0 Å². The summed E-state index contributed by atoms with van der Waals surface area (Å²) in [6.45, 7) is 0. The van der Waals surface area contributed by atoms with E-state index in [1.165, 1.54) is 11.1 Å². The molecular weight excluding hydrogens is 237 g/mol. The molecule has 0 spiro atoms. The average Bonchev–Trinajstić information content (AvgIpc) is 2.41. The summed E-state index contributed by atoms with van der Waals surface area (Å²) < 4.78 is 0.969. The van der Waals surface area contributed by atoms with Crippen LogP contribution in [0.25, 0.3) is 0 Å². The molecule has 3 heteroatoms. The van der Waals surface area contributed by atoms with Crippen molar-refractivity contribution in [2.45, 2.75) is 18.9 Å². The van der Waals surface area contributed by atoms with Crippen LogP contribution in [-0.2, 0) is 6.42 Å². The Balaban J connectivity index is 2.60. The second kappa shape index (κ2) is 3.02. The molecule has 0 heterocycles. The molecule has 1 aliphatic carbocycles. The molecule has 12 heavy (non-hydrogen) atoms. The van der Waals surface area contributed by atoms with Crippen molar-refractivity contribution in [1.29, 1.82) is 0 Å². The fraction of sp³-hybridized carbons (Fsp3) is 0.333. The number of nitrogens with two attached hydrogens (primary N) is 1. The minimum Gasteiger partial charge on any atom is -0.324 e. The Labute approximate surface area is 85.0 Å². The van der Waals surface area contributed by atoms with Gasteiger partial charge in [0.05, 0.1) is 5.02 Å². The zero-order chi connectivity index (χ0) is 8.72. The number of benzene rings is 1. The molecule has 64 valence electrons. The van der Waals surface area contributed by atoms with Gasteiger partial charge in [0.15, 0.2) is 0 Å². The first-order valence-corrected chi connectivity index (χ1v) is 5.09. The van der Waals surface area contributed by atoms with E-state index < -0.39 is 0 Å². The van der Waals surface area contributed by atoms with E-state index in [1.54, 1.807) is 0 Å². The molecule has 1 aliphatic rings. The first-order chi connectivity index (χ1) is 5.70. The molecule has 1 atom stereocenters. The van der Waals surface area contributed by atoms with E-state index in [1.807, 2.05) is 6.07 Å². The Hall–Kier alpha value is -0.0500. The van der Waals surface area contributed by atoms with E-state index in [9.17, 15) is 0 Å². The smallest absolute Gasteiger partial charge is 0.0583 e. The van der Waals surface area contributed by atoms with Crippen LogP contribution in [0.1, 0.15) is 23.6 Å². The van der Waals surface area contributed by atoms with E-state index in [0.717, 1.165) is 22.3 Å². The molecule has 2 rings (SSSR count). The van der Waals surface area contributed by atoms with E-state index in [-0.39, 0.29) is 6.04 Å². The van der Waals surface area contributed by atoms with Crippen molar-refractivity contribution in [2.24, 2.45) is 5.73 Å². The molecule has 2 N–H and O–H groups in total. The molecule has 0 fully saturated rings. The van der Waals surface area contributed by atoms with Gasteiger partial charge < -0.3 is 5.73 Å². The Morgan fingerprint density at radius 2 is 2.25 bits per heavy atom. The maximum absolute atomic E-state index is 6.10. The van der Waals surface area contributed by atoms with Gasteiger partial charge in [-0.1, -0.05) is 17.7 Å². The largest absolute Gasteiger partial charge is 0.324 e. The molecule has 1 aromatic carbocycles. The van der Waals surface area contributed by atoms with Crippen molar-refractivity contribution in [3.63, 3.8) is 0 Å². The minimum atomic E-state index is 0.186. The van der Waals surface area contributed by atoms with Crippen molar-refractivity contribution in [3.8, 4) is 0 Å². The zero-order valence-corrected chi connectivity index (χ0v) is 8.82. The molecule has 0 radical (unpaired) electrons. The summed E-state index contributed by atoms with van der Waals surface area (Å²) in [7, 11) is 0. The van der Waals surface area contributed by atoms with Gasteiger partial charge in [0, 0.05) is 10.5 Å². The summed E-state index contributed by atoms with van der Waals surface area (Å²) in [5.41, 5.74) is 8.32. The average molecular weight is 247 g/mol. The molecule has 0 bridgehead atoms. The van der Waals surface area contributed by atoms with E-state index in [2.05, 4.69) is 22.0 Å². The van der Waals surface area contributed by atoms with Crippen molar-refractivity contribution in [3.05, 3.63) is 32.8 Å². The van der Waals surface area contributed by atoms with Crippen molar-refractivity contribution in [2.75, 3.05) is 0 Å².